The number of aliphatic hydroxyl groups excluding tert-OH is 1. The van der Waals surface area contributed by atoms with Gasteiger partial charge in [-0.05, 0) is 18.9 Å². The van der Waals surface area contributed by atoms with Crippen LogP contribution >= 0.6 is 0 Å². The highest BCUT2D eigenvalue weighted by atomic mass is 19.4. The molecule has 0 amide bonds. The number of benzene rings is 1. The molecule has 0 fully saturated rings. The zero-order chi connectivity index (χ0) is 15.4. The number of para-hydroxylation sites is 1. The number of hydrogen-bond acceptors (Lipinski definition) is 2. The average molecular weight is 302 g/mol. The van der Waals surface area contributed by atoms with E-state index in [2.05, 4.69) is 4.74 Å². The summed E-state index contributed by atoms with van der Waals surface area (Å²) in [4.78, 5) is 0. The van der Waals surface area contributed by atoms with Crippen LogP contribution in [-0.2, 0) is 0 Å². The summed E-state index contributed by atoms with van der Waals surface area (Å²) in [6, 6.07) is 4.81. The van der Waals surface area contributed by atoms with E-state index in [4.69, 9.17) is 0 Å². The lowest BCUT2D eigenvalue weighted by atomic mass is 10.0. The molecule has 0 saturated carbocycles. The molecule has 0 bridgehead atoms. The molecule has 0 aliphatic carbocycles. The molecule has 1 unspecified atom stereocenters. The summed E-state index contributed by atoms with van der Waals surface area (Å²) in [5, 5.41) is 9.68. The van der Waals surface area contributed by atoms with Crippen molar-refractivity contribution in [1.29, 1.82) is 0 Å². The number of hydrogen-bond donors (Lipinski definition) is 1. The molecule has 0 radical (unpaired) electrons. The fraction of sp³-hybridized carbons (Fsp3) is 0.500. The Kier molecular flexibility index (Phi) is 5.27. The molecule has 0 aliphatic rings. The summed E-state index contributed by atoms with van der Waals surface area (Å²) >= 11 is 0. The van der Waals surface area contributed by atoms with Crippen molar-refractivity contribution in [2.45, 2.75) is 37.9 Å². The topological polar surface area (TPSA) is 29.5 Å². The minimum Gasteiger partial charge on any atom is -0.405 e. The van der Waals surface area contributed by atoms with E-state index in [1.165, 1.54) is 18.2 Å². The van der Waals surface area contributed by atoms with E-state index in [0.29, 0.717) is 0 Å². The summed E-state index contributed by atoms with van der Waals surface area (Å²) in [7, 11) is 0. The highest BCUT2D eigenvalue weighted by Gasteiger charge is 2.33. The predicted octanol–water partition coefficient (Wildman–Crippen LogP) is 4.35. The van der Waals surface area contributed by atoms with E-state index < -0.39 is 30.8 Å². The lowest BCUT2D eigenvalue weighted by molar-refractivity contribution is -0.275. The van der Waals surface area contributed by atoms with Crippen LogP contribution in [0.5, 0.6) is 5.75 Å². The SMILES string of the molecule is OC(CCCC(F)(F)F)c1ccccc1OC(F)(F)F. The number of ether oxygens (including phenoxy) is 1. The van der Waals surface area contributed by atoms with Gasteiger partial charge in [0.15, 0.2) is 0 Å². The first-order valence-electron chi connectivity index (χ1n) is 5.68. The highest BCUT2D eigenvalue weighted by molar-refractivity contribution is 5.35. The molecule has 1 rings (SSSR count). The van der Waals surface area contributed by atoms with Crippen molar-refractivity contribution in [2.24, 2.45) is 0 Å². The number of rotatable bonds is 5. The van der Waals surface area contributed by atoms with Gasteiger partial charge in [0.05, 0.1) is 6.10 Å². The predicted molar refractivity (Wildman–Crippen MR) is 58.0 cm³/mol. The second-order valence-corrected chi connectivity index (χ2v) is 4.11. The maximum Gasteiger partial charge on any atom is 0.573 e. The van der Waals surface area contributed by atoms with Crippen LogP contribution in [0.4, 0.5) is 26.3 Å². The lowest BCUT2D eigenvalue weighted by Gasteiger charge is -2.17. The molecule has 0 spiro atoms. The van der Waals surface area contributed by atoms with Gasteiger partial charge in [-0.1, -0.05) is 18.2 Å². The summed E-state index contributed by atoms with van der Waals surface area (Å²) in [6.07, 6.45) is -12.5. The van der Waals surface area contributed by atoms with Crippen molar-refractivity contribution in [2.75, 3.05) is 0 Å². The fourth-order valence-electron chi connectivity index (χ4n) is 1.62. The monoisotopic (exact) mass is 302 g/mol. The van der Waals surface area contributed by atoms with E-state index in [9.17, 15) is 31.4 Å². The molecule has 1 N–H and O–H groups in total. The van der Waals surface area contributed by atoms with E-state index >= 15 is 0 Å². The van der Waals surface area contributed by atoms with Crippen molar-refractivity contribution < 1.29 is 36.2 Å². The molecule has 0 heterocycles. The quantitative estimate of drug-likeness (QED) is 0.819. The Labute approximate surface area is 111 Å². The Morgan fingerprint density at radius 3 is 2.20 bits per heavy atom. The van der Waals surface area contributed by atoms with Gasteiger partial charge in [-0.2, -0.15) is 13.2 Å². The maximum absolute atomic E-state index is 12.1. The minimum absolute atomic E-state index is 0.188. The Bertz CT molecular complexity index is 427. The van der Waals surface area contributed by atoms with Gasteiger partial charge >= 0.3 is 12.5 Å². The van der Waals surface area contributed by atoms with Gasteiger partial charge in [0.25, 0.3) is 0 Å². The molecule has 1 aromatic rings. The third-order valence-electron chi connectivity index (χ3n) is 2.44. The second-order valence-electron chi connectivity index (χ2n) is 4.11. The summed E-state index contributed by atoms with van der Waals surface area (Å²) in [6.45, 7) is 0. The maximum atomic E-state index is 12.1. The standard InChI is InChI=1S/C12H12F6O2/c13-11(14,15)7-3-5-9(19)8-4-1-2-6-10(8)20-12(16,17)18/h1-2,4,6,9,19H,3,5,7H2. The van der Waals surface area contributed by atoms with Crippen LogP contribution in [0.25, 0.3) is 0 Å². The molecule has 1 atom stereocenters. The van der Waals surface area contributed by atoms with Crippen molar-refractivity contribution in [3.05, 3.63) is 29.8 Å². The third-order valence-corrected chi connectivity index (χ3v) is 2.44. The summed E-state index contributed by atoms with van der Waals surface area (Å²) in [5.41, 5.74) is -0.188. The van der Waals surface area contributed by atoms with Crippen molar-refractivity contribution in [3.8, 4) is 5.75 Å². The molecule has 114 valence electrons. The second kappa shape index (κ2) is 6.34. The Morgan fingerprint density at radius 1 is 1.05 bits per heavy atom. The third kappa shape index (κ3) is 6.14. The van der Waals surface area contributed by atoms with Crippen molar-refractivity contribution in [3.63, 3.8) is 0 Å². The first-order valence-corrected chi connectivity index (χ1v) is 5.68. The average Bonchev–Trinajstić information content (AvgIpc) is 2.25. The molecule has 0 aliphatic heterocycles. The van der Waals surface area contributed by atoms with Gasteiger partial charge < -0.3 is 9.84 Å². The zero-order valence-electron chi connectivity index (χ0n) is 10.1. The molecular formula is C12H12F6O2. The van der Waals surface area contributed by atoms with E-state index in [0.717, 1.165) is 6.07 Å². The normalized spacial score (nSPS) is 14.2. The molecule has 1 aromatic carbocycles. The Hall–Kier alpha value is -1.44. The van der Waals surface area contributed by atoms with E-state index in [1.807, 2.05) is 0 Å². The van der Waals surface area contributed by atoms with Crippen LogP contribution in [0.2, 0.25) is 0 Å². The molecule has 2 nitrogen and oxygen atoms in total. The highest BCUT2D eigenvalue weighted by Crippen LogP contribution is 2.33. The minimum atomic E-state index is -4.93. The van der Waals surface area contributed by atoms with Crippen molar-refractivity contribution in [1.82, 2.24) is 0 Å². The van der Waals surface area contributed by atoms with Gasteiger partial charge in [-0.3, -0.25) is 0 Å². The first kappa shape index (κ1) is 16.6. The van der Waals surface area contributed by atoms with Gasteiger partial charge in [0.2, 0.25) is 0 Å². The zero-order valence-corrected chi connectivity index (χ0v) is 10.1. The number of aliphatic hydroxyl groups is 1. The van der Waals surface area contributed by atoms with Crippen LogP contribution in [0.1, 0.15) is 30.9 Å². The molecule has 0 aromatic heterocycles. The Morgan fingerprint density at radius 2 is 1.65 bits per heavy atom. The van der Waals surface area contributed by atoms with E-state index in [-0.39, 0.29) is 18.4 Å². The van der Waals surface area contributed by atoms with Crippen molar-refractivity contribution >= 4 is 0 Å². The molecule has 8 heteroatoms. The number of halogens is 6. The van der Waals surface area contributed by atoms with Crippen LogP contribution in [-0.4, -0.2) is 17.6 Å². The van der Waals surface area contributed by atoms with Crippen LogP contribution in [0, 0.1) is 0 Å². The summed E-state index contributed by atoms with van der Waals surface area (Å²) < 4.78 is 76.0. The summed E-state index contributed by atoms with van der Waals surface area (Å²) in [5.74, 6) is -0.612. The van der Waals surface area contributed by atoms with Crippen LogP contribution in [0.3, 0.4) is 0 Å². The molecular weight excluding hydrogens is 290 g/mol. The van der Waals surface area contributed by atoms with Crippen LogP contribution in [0.15, 0.2) is 24.3 Å². The fourth-order valence-corrected chi connectivity index (χ4v) is 1.62. The largest absolute Gasteiger partial charge is 0.573 e. The molecule has 20 heavy (non-hydrogen) atoms. The number of alkyl halides is 6. The van der Waals surface area contributed by atoms with Gasteiger partial charge in [0.1, 0.15) is 5.75 Å². The van der Waals surface area contributed by atoms with Crippen LogP contribution < -0.4 is 4.74 Å². The van der Waals surface area contributed by atoms with Gasteiger partial charge in [-0.15, -0.1) is 13.2 Å². The van der Waals surface area contributed by atoms with E-state index in [1.54, 1.807) is 0 Å². The smallest absolute Gasteiger partial charge is 0.405 e. The first-order chi connectivity index (χ1) is 9.08. The van der Waals surface area contributed by atoms with Gasteiger partial charge in [-0.25, -0.2) is 0 Å². The molecule has 0 saturated heterocycles. The Balaban J connectivity index is 2.70. The lowest BCUT2D eigenvalue weighted by Crippen LogP contribution is -2.18. The van der Waals surface area contributed by atoms with Gasteiger partial charge in [0, 0.05) is 12.0 Å².